The number of phenolic OH excluding ortho intramolecular Hbond substituents is 1. The van der Waals surface area contributed by atoms with E-state index in [9.17, 15) is 14.7 Å². The molecule has 31 heavy (non-hydrogen) atoms. The van der Waals surface area contributed by atoms with Crippen LogP contribution in [0.5, 0.6) is 17.2 Å². The minimum absolute atomic E-state index is 0.0197. The maximum Gasteiger partial charge on any atom is 0.247 e. The molecule has 0 aromatic heterocycles. The van der Waals surface area contributed by atoms with Gasteiger partial charge in [0.15, 0.2) is 16.7 Å². The number of aromatic hydroxyl groups is 1. The number of halogens is 1. The normalized spacial score (nSPS) is 16.9. The Hall–Kier alpha value is -3.05. The maximum atomic E-state index is 12.7. The molecule has 0 spiro atoms. The summed E-state index contributed by atoms with van der Waals surface area (Å²) >= 11 is 4.30. The molecule has 0 radical (unpaired) electrons. The number of amidine groups is 1. The molecule has 0 bridgehead atoms. The smallest absolute Gasteiger partial charge is 0.247 e. The number of carbonyl (C=O) groups excluding carboxylic acids is 2. The van der Waals surface area contributed by atoms with Gasteiger partial charge in [-0.3, -0.25) is 9.59 Å². The van der Waals surface area contributed by atoms with Crippen LogP contribution in [0.3, 0.4) is 0 Å². The number of amides is 2. The van der Waals surface area contributed by atoms with Crippen molar-refractivity contribution >= 4 is 56.6 Å². The largest absolute Gasteiger partial charge is 0.502 e. The Balaban J connectivity index is 1.69. The predicted molar refractivity (Wildman–Crippen MR) is 123 cm³/mol. The van der Waals surface area contributed by atoms with E-state index in [1.165, 1.54) is 20.4 Å². The van der Waals surface area contributed by atoms with E-state index < -0.39 is 5.25 Å². The van der Waals surface area contributed by atoms with Gasteiger partial charge in [-0.25, -0.2) is 4.90 Å². The van der Waals surface area contributed by atoms with E-state index in [0.717, 1.165) is 21.1 Å². The van der Waals surface area contributed by atoms with Crippen LogP contribution in [0.2, 0.25) is 0 Å². The summed E-state index contributed by atoms with van der Waals surface area (Å²) in [6, 6.07) is 10.00. The first kappa shape index (κ1) is 22.6. The number of methoxy groups -OCH3 is 2. The van der Waals surface area contributed by atoms with Crippen molar-refractivity contribution in [2.24, 2.45) is 15.9 Å². The van der Waals surface area contributed by atoms with E-state index in [-0.39, 0.29) is 40.7 Å². The molecular weight excluding hydrogens is 488 g/mol. The number of anilines is 1. The quantitative estimate of drug-likeness (QED) is 0.267. The number of benzene rings is 2. The predicted octanol–water partition coefficient (Wildman–Crippen LogP) is 2.89. The molecule has 11 heteroatoms. The van der Waals surface area contributed by atoms with Crippen LogP contribution >= 0.6 is 27.7 Å². The van der Waals surface area contributed by atoms with Gasteiger partial charge < -0.3 is 20.3 Å². The molecule has 1 saturated heterocycles. The van der Waals surface area contributed by atoms with E-state index in [1.54, 1.807) is 36.4 Å². The van der Waals surface area contributed by atoms with Gasteiger partial charge in [0.2, 0.25) is 17.6 Å². The molecule has 1 aliphatic heterocycles. The molecule has 1 aliphatic rings. The second-order valence-corrected chi connectivity index (χ2v) is 8.45. The highest BCUT2D eigenvalue weighted by Gasteiger charge is 2.40. The molecule has 2 amide bonds. The number of nitrogens with zero attached hydrogens (tertiary/aromatic N) is 3. The lowest BCUT2D eigenvalue weighted by Gasteiger charge is -2.14. The minimum atomic E-state index is -0.677. The summed E-state index contributed by atoms with van der Waals surface area (Å²) < 4.78 is 11.0. The molecular formula is C20H19BrN4O5S. The Morgan fingerprint density at radius 1 is 1.23 bits per heavy atom. The minimum Gasteiger partial charge on any atom is -0.502 e. The van der Waals surface area contributed by atoms with E-state index in [1.807, 2.05) is 0 Å². The topological polar surface area (TPSA) is 127 Å². The number of thioether (sulfide) groups is 1. The lowest BCUT2D eigenvalue weighted by Crippen LogP contribution is -2.31. The zero-order valence-electron chi connectivity index (χ0n) is 16.6. The number of rotatable bonds is 6. The highest BCUT2D eigenvalue weighted by molar-refractivity contribution is 9.10. The van der Waals surface area contributed by atoms with Crippen LogP contribution in [-0.2, 0) is 9.59 Å². The molecule has 1 atom stereocenters. The number of hydrogen-bond acceptors (Lipinski definition) is 8. The van der Waals surface area contributed by atoms with E-state index in [4.69, 9.17) is 15.2 Å². The van der Waals surface area contributed by atoms with Crippen LogP contribution in [0.1, 0.15) is 12.0 Å². The maximum absolute atomic E-state index is 12.7. The zero-order chi connectivity index (χ0) is 22.5. The molecule has 0 aliphatic carbocycles. The van der Waals surface area contributed by atoms with E-state index >= 15 is 0 Å². The fourth-order valence-corrected chi connectivity index (χ4v) is 3.95. The van der Waals surface area contributed by atoms with Gasteiger partial charge in [-0.2, -0.15) is 5.10 Å². The number of nitrogens with two attached hydrogens (primary N) is 1. The fourth-order valence-electron chi connectivity index (χ4n) is 2.87. The van der Waals surface area contributed by atoms with Gasteiger partial charge in [-0.15, -0.1) is 5.10 Å². The SMILES string of the molecule is COc1cc(/C=N\N=C(N)S[C@H]2CC(=O)N(c3ccc(Br)cc3)C2=O)cc(OC)c1O. The standard InChI is InChI=1S/C20H19BrN4O5S/c1-29-14-7-11(8-15(30-2)18(14)27)10-23-24-20(22)31-16-9-17(26)25(19(16)28)13-5-3-12(21)4-6-13/h3-8,10,16,27H,9H2,1-2H3,(H2,22,24)/b23-10-/t16-/m0/s1. The second kappa shape index (κ2) is 9.84. The molecule has 2 aromatic carbocycles. The highest BCUT2D eigenvalue weighted by Crippen LogP contribution is 2.36. The summed E-state index contributed by atoms with van der Waals surface area (Å²) in [4.78, 5) is 26.2. The van der Waals surface area contributed by atoms with Gasteiger partial charge in [0, 0.05) is 16.5 Å². The molecule has 0 saturated carbocycles. The van der Waals surface area contributed by atoms with Gasteiger partial charge in [0.05, 0.1) is 26.1 Å². The van der Waals surface area contributed by atoms with Crippen LogP contribution in [0.25, 0.3) is 0 Å². The number of hydrogen-bond donors (Lipinski definition) is 2. The third-order valence-electron chi connectivity index (χ3n) is 4.32. The third-order valence-corrected chi connectivity index (χ3v) is 5.82. The zero-order valence-corrected chi connectivity index (χ0v) is 19.0. The molecule has 162 valence electrons. The Morgan fingerprint density at radius 2 is 1.84 bits per heavy atom. The summed E-state index contributed by atoms with van der Waals surface area (Å²) in [5, 5.41) is 17.1. The van der Waals surface area contributed by atoms with Crippen molar-refractivity contribution < 1.29 is 24.2 Å². The van der Waals surface area contributed by atoms with Crippen molar-refractivity contribution in [3.63, 3.8) is 0 Å². The summed E-state index contributed by atoms with van der Waals surface area (Å²) in [7, 11) is 2.83. The molecule has 9 nitrogen and oxygen atoms in total. The van der Waals surface area contributed by atoms with Gasteiger partial charge in [-0.1, -0.05) is 27.7 Å². The molecule has 1 fully saturated rings. The van der Waals surface area contributed by atoms with Crippen LogP contribution < -0.4 is 20.1 Å². The number of imide groups is 1. The van der Waals surface area contributed by atoms with Crippen LogP contribution in [-0.4, -0.2) is 47.8 Å². The molecule has 3 N–H and O–H groups in total. The van der Waals surface area contributed by atoms with Crippen LogP contribution in [0.4, 0.5) is 5.69 Å². The fraction of sp³-hybridized carbons (Fsp3) is 0.200. The van der Waals surface area contributed by atoms with Crippen molar-refractivity contribution in [2.45, 2.75) is 11.7 Å². The van der Waals surface area contributed by atoms with E-state index in [2.05, 4.69) is 26.1 Å². The van der Waals surface area contributed by atoms with Gasteiger partial charge in [0.1, 0.15) is 5.25 Å². The number of ether oxygens (including phenoxy) is 2. The van der Waals surface area contributed by atoms with Crippen molar-refractivity contribution in [1.82, 2.24) is 0 Å². The Bertz CT molecular complexity index is 1030. The average Bonchev–Trinajstić information content (AvgIpc) is 3.02. The third kappa shape index (κ3) is 5.17. The first-order chi connectivity index (χ1) is 14.8. The number of phenols is 1. The average molecular weight is 507 g/mol. The van der Waals surface area contributed by atoms with Crippen molar-refractivity contribution in [2.75, 3.05) is 19.1 Å². The molecule has 1 heterocycles. The monoisotopic (exact) mass is 506 g/mol. The summed E-state index contributed by atoms with van der Waals surface area (Å²) in [5.74, 6) is -0.345. The lowest BCUT2D eigenvalue weighted by molar-refractivity contribution is -0.121. The second-order valence-electron chi connectivity index (χ2n) is 6.31. The van der Waals surface area contributed by atoms with Gasteiger partial charge in [0.25, 0.3) is 0 Å². The Labute approximate surface area is 191 Å². The summed E-state index contributed by atoms with van der Waals surface area (Å²) in [5.41, 5.74) is 6.95. The van der Waals surface area contributed by atoms with E-state index in [0.29, 0.717) is 11.3 Å². The van der Waals surface area contributed by atoms with Gasteiger partial charge >= 0.3 is 0 Å². The first-order valence-electron chi connectivity index (χ1n) is 8.94. The summed E-state index contributed by atoms with van der Waals surface area (Å²) in [6.07, 6.45) is 1.42. The summed E-state index contributed by atoms with van der Waals surface area (Å²) in [6.45, 7) is 0. The molecule has 0 unspecified atom stereocenters. The van der Waals surface area contributed by atoms with Crippen molar-refractivity contribution in [1.29, 1.82) is 0 Å². The Kier molecular flexibility index (Phi) is 7.18. The first-order valence-corrected chi connectivity index (χ1v) is 10.6. The highest BCUT2D eigenvalue weighted by atomic mass is 79.9. The lowest BCUT2D eigenvalue weighted by atomic mass is 10.2. The molecule has 3 rings (SSSR count). The van der Waals surface area contributed by atoms with Crippen molar-refractivity contribution in [3.8, 4) is 17.2 Å². The van der Waals surface area contributed by atoms with Crippen LogP contribution in [0.15, 0.2) is 51.1 Å². The van der Waals surface area contributed by atoms with Crippen molar-refractivity contribution in [3.05, 3.63) is 46.4 Å². The van der Waals surface area contributed by atoms with Gasteiger partial charge in [-0.05, 0) is 36.4 Å². The van der Waals surface area contributed by atoms with Crippen LogP contribution in [0, 0.1) is 0 Å². The number of carbonyl (C=O) groups is 2. The Morgan fingerprint density at radius 3 is 2.42 bits per heavy atom. The molecule has 2 aromatic rings.